The van der Waals surface area contributed by atoms with Crippen LogP contribution in [0.4, 0.5) is 8.78 Å². The highest BCUT2D eigenvalue weighted by atomic mass is 19.1. The van der Waals surface area contributed by atoms with Crippen LogP contribution in [-0.2, 0) is 6.61 Å². The van der Waals surface area contributed by atoms with Crippen molar-refractivity contribution in [2.45, 2.75) is 6.61 Å². The van der Waals surface area contributed by atoms with Gasteiger partial charge in [-0.25, -0.2) is 8.78 Å². The summed E-state index contributed by atoms with van der Waals surface area (Å²) in [7, 11) is 0. The van der Waals surface area contributed by atoms with E-state index in [1.807, 2.05) is 0 Å². The van der Waals surface area contributed by atoms with Gasteiger partial charge in [0.25, 0.3) is 5.91 Å². The number of nitrogens with one attached hydrogen (secondary N) is 1. The molecule has 2 aromatic rings. The molecule has 0 aliphatic carbocycles. The molecule has 0 aliphatic rings. The molecule has 0 saturated carbocycles. The monoisotopic (exact) mass is 306 g/mol. The predicted octanol–water partition coefficient (Wildman–Crippen LogP) is 2.23. The summed E-state index contributed by atoms with van der Waals surface area (Å²) in [5.74, 6) is -1.44. The third-order valence-corrected chi connectivity index (χ3v) is 2.91. The molecular weight excluding hydrogens is 290 g/mol. The first-order valence-corrected chi connectivity index (χ1v) is 6.75. The van der Waals surface area contributed by atoms with E-state index < -0.39 is 11.7 Å². The second kappa shape index (κ2) is 7.51. The fraction of sp³-hybridized carbons (Fsp3) is 0.188. The fourth-order valence-corrected chi connectivity index (χ4v) is 1.83. The summed E-state index contributed by atoms with van der Waals surface area (Å²) < 4.78 is 32.2. The quantitative estimate of drug-likeness (QED) is 0.860. The minimum atomic E-state index is -0.656. The van der Waals surface area contributed by atoms with E-state index in [1.54, 1.807) is 12.1 Å². The van der Waals surface area contributed by atoms with Crippen LogP contribution in [0.3, 0.4) is 0 Å². The zero-order chi connectivity index (χ0) is 15.9. The first-order chi connectivity index (χ1) is 10.6. The third-order valence-electron chi connectivity index (χ3n) is 2.91. The Hall–Kier alpha value is -2.47. The van der Waals surface area contributed by atoms with Crippen molar-refractivity contribution in [1.82, 2.24) is 5.32 Å². The van der Waals surface area contributed by atoms with Crippen LogP contribution in [0.25, 0.3) is 0 Å². The van der Waals surface area contributed by atoms with Gasteiger partial charge in [-0.2, -0.15) is 0 Å². The molecule has 0 spiro atoms. The number of hydrogen-bond acceptors (Lipinski definition) is 3. The van der Waals surface area contributed by atoms with Gasteiger partial charge < -0.3 is 15.8 Å². The Morgan fingerprint density at radius 1 is 1.18 bits per heavy atom. The minimum Gasteiger partial charge on any atom is -0.486 e. The molecule has 2 rings (SSSR count). The number of ether oxygens (including phenoxy) is 1. The Kier molecular flexibility index (Phi) is 5.43. The van der Waals surface area contributed by atoms with E-state index in [9.17, 15) is 13.6 Å². The Labute approximate surface area is 126 Å². The topological polar surface area (TPSA) is 64.3 Å². The lowest BCUT2D eigenvalue weighted by molar-refractivity contribution is 0.0954. The van der Waals surface area contributed by atoms with Crippen molar-refractivity contribution in [3.8, 4) is 5.75 Å². The summed E-state index contributed by atoms with van der Waals surface area (Å²) in [5.41, 5.74) is 6.05. The summed E-state index contributed by atoms with van der Waals surface area (Å²) in [6, 6.07) is 9.77. The van der Waals surface area contributed by atoms with Crippen LogP contribution in [0, 0.1) is 11.6 Å². The van der Waals surface area contributed by atoms with Crippen LogP contribution >= 0.6 is 0 Å². The highest BCUT2D eigenvalue weighted by Gasteiger charge is 2.10. The average molecular weight is 306 g/mol. The normalized spacial score (nSPS) is 10.3. The summed E-state index contributed by atoms with van der Waals surface area (Å²) in [5, 5.41) is 2.55. The van der Waals surface area contributed by atoms with Crippen LogP contribution in [0.1, 0.15) is 15.9 Å². The summed E-state index contributed by atoms with van der Waals surface area (Å²) in [4.78, 5) is 11.7. The second-order valence-corrected chi connectivity index (χ2v) is 4.61. The summed E-state index contributed by atoms with van der Waals surface area (Å²) in [6.45, 7) is 0.661. The van der Waals surface area contributed by atoms with Crippen molar-refractivity contribution >= 4 is 5.91 Å². The molecule has 4 nitrogen and oxygen atoms in total. The molecular formula is C16H16F2N2O2. The van der Waals surface area contributed by atoms with Gasteiger partial charge in [0.2, 0.25) is 0 Å². The van der Waals surface area contributed by atoms with E-state index in [4.69, 9.17) is 10.5 Å². The zero-order valence-electron chi connectivity index (χ0n) is 11.8. The summed E-state index contributed by atoms with van der Waals surface area (Å²) >= 11 is 0. The number of amides is 1. The van der Waals surface area contributed by atoms with E-state index in [1.165, 1.54) is 24.3 Å². The molecule has 0 fully saturated rings. The standard InChI is InChI=1S/C16H16F2N2O2/c17-13-3-1-2-11(8-13)10-22-15-5-4-12(9-14(15)18)16(21)20-7-6-19/h1-5,8-9H,6-7,10,19H2,(H,20,21). The van der Waals surface area contributed by atoms with Crippen LogP contribution < -0.4 is 15.8 Å². The summed E-state index contributed by atoms with van der Waals surface area (Å²) in [6.07, 6.45) is 0. The lowest BCUT2D eigenvalue weighted by Gasteiger charge is -2.09. The third kappa shape index (κ3) is 4.26. The molecule has 6 heteroatoms. The number of carbonyl (C=O) groups is 1. The smallest absolute Gasteiger partial charge is 0.251 e. The number of hydrogen-bond donors (Lipinski definition) is 2. The van der Waals surface area contributed by atoms with Gasteiger partial charge in [0.15, 0.2) is 11.6 Å². The van der Waals surface area contributed by atoms with Crippen molar-refractivity contribution in [2.24, 2.45) is 5.73 Å². The van der Waals surface area contributed by atoms with E-state index in [0.717, 1.165) is 6.07 Å². The molecule has 0 bridgehead atoms. The molecule has 0 atom stereocenters. The molecule has 0 saturated heterocycles. The number of nitrogens with two attached hydrogens (primary N) is 1. The van der Waals surface area contributed by atoms with Crippen LogP contribution in [0.2, 0.25) is 0 Å². The lowest BCUT2D eigenvalue weighted by Crippen LogP contribution is -2.29. The molecule has 2 aromatic carbocycles. The van der Waals surface area contributed by atoms with Gasteiger partial charge in [-0.05, 0) is 35.9 Å². The lowest BCUT2D eigenvalue weighted by atomic mass is 10.2. The van der Waals surface area contributed by atoms with Gasteiger partial charge in [0.05, 0.1) is 0 Å². The van der Waals surface area contributed by atoms with Crippen molar-refractivity contribution in [3.05, 3.63) is 65.2 Å². The predicted molar refractivity (Wildman–Crippen MR) is 78.5 cm³/mol. The number of carbonyl (C=O) groups excluding carboxylic acids is 1. The van der Waals surface area contributed by atoms with Gasteiger partial charge in [-0.15, -0.1) is 0 Å². The molecule has 0 heterocycles. The maximum atomic E-state index is 13.9. The van der Waals surface area contributed by atoms with E-state index in [0.29, 0.717) is 18.7 Å². The molecule has 116 valence electrons. The second-order valence-electron chi connectivity index (χ2n) is 4.61. The van der Waals surface area contributed by atoms with Gasteiger partial charge in [-0.1, -0.05) is 12.1 Å². The van der Waals surface area contributed by atoms with Crippen LogP contribution in [-0.4, -0.2) is 19.0 Å². The highest BCUT2D eigenvalue weighted by molar-refractivity contribution is 5.94. The Balaban J connectivity index is 2.02. The number of benzene rings is 2. The molecule has 0 aliphatic heterocycles. The number of rotatable bonds is 6. The van der Waals surface area contributed by atoms with Crippen molar-refractivity contribution in [1.29, 1.82) is 0 Å². The highest BCUT2D eigenvalue weighted by Crippen LogP contribution is 2.20. The van der Waals surface area contributed by atoms with E-state index in [2.05, 4.69) is 5.32 Å². The Morgan fingerprint density at radius 2 is 2.00 bits per heavy atom. The van der Waals surface area contributed by atoms with Gasteiger partial charge in [0.1, 0.15) is 12.4 Å². The Morgan fingerprint density at radius 3 is 2.68 bits per heavy atom. The van der Waals surface area contributed by atoms with E-state index in [-0.39, 0.29) is 23.7 Å². The van der Waals surface area contributed by atoms with Gasteiger partial charge in [-0.3, -0.25) is 4.79 Å². The Bertz CT molecular complexity index is 662. The molecule has 1 amide bonds. The molecule has 22 heavy (non-hydrogen) atoms. The van der Waals surface area contributed by atoms with Crippen LogP contribution in [0.15, 0.2) is 42.5 Å². The first-order valence-electron chi connectivity index (χ1n) is 6.75. The van der Waals surface area contributed by atoms with Gasteiger partial charge >= 0.3 is 0 Å². The number of halogens is 2. The maximum Gasteiger partial charge on any atom is 0.251 e. The molecule has 0 aromatic heterocycles. The fourth-order valence-electron chi connectivity index (χ4n) is 1.83. The largest absolute Gasteiger partial charge is 0.486 e. The molecule has 0 unspecified atom stereocenters. The molecule has 3 N–H and O–H groups in total. The first kappa shape index (κ1) is 15.9. The van der Waals surface area contributed by atoms with Crippen molar-refractivity contribution in [2.75, 3.05) is 13.1 Å². The molecule has 0 radical (unpaired) electrons. The van der Waals surface area contributed by atoms with Crippen molar-refractivity contribution in [3.63, 3.8) is 0 Å². The maximum absolute atomic E-state index is 13.9. The SMILES string of the molecule is NCCNC(=O)c1ccc(OCc2cccc(F)c2)c(F)c1. The van der Waals surface area contributed by atoms with Gasteiger partial charge in [0, 0.05) is 18.7 Å². The van der Waals surface area contributed by atoms with E-state index >= 15 is 0 Å². The van der Waals surface area contributed by atoms with Crippen molar-refractivity contribution < 1.29 is 18.3 Å². The van der Waals surface area contributed by atoms with Crippen LogP contribution in [0.5, 0.6) is 5.75 Å². The average Bonchev–Trinajstić information content (AvgIpc) is 2.51. The zero-order valence-corrected chi connectivity index (χ0v) is 11.8. The minimum absolute atomic E-state index is 0.000337.